The smallest absolute Gasteiger partial charge is 0.325 e. The van der Waals surface area contributed by atoms with Gasteiger partial charge in [-0.2, -0.15) is 5.10 Å². The summed E-state index contributed by atoms with van der Waals surface area (Å²) in [7, 11) is 1.40. The van der Waals surface area contributed by atoms with Gasteiger partial charge in [-0.1, -0.05) is 18.5 Å². The summed E-state index contributed by atoms with van der Waals surface area (Å²) < 4.78 is 6.69. The number of likely N-dealkylation sites (N-methyl/N-ethyl adjacent to an activating group) is 1. The Morgan fingerprint density at radius 3 is 2.58 bits per heavy atom. The molecule has 0 fully saturated rings. The molecule has 1 unspecified atom stereocenters. The van der Waals surface area contributed by atoms with Gasteiger partial charge in [-0.05, 0) is 33.7 Å². The third kappa shape index (κ3) is 3.48. The lowest BCUT2D eigenvalue weighted by Crippen LogP contribution is -2.50. The van der Waals surface area contributed by atoms with Crippen LogP contribution in [0.3, 0.4) is 0 Å². The number of nitrogens with zero attached hydrogens (tertiary/aromatic N) is 2. The molecule has 0 aliphatic heterocycles. The minimum absolute atomic E-state index is 0.262. The minimum atomic E-state index is -0.706. The van der Waals surface area contributed by atoms with Crippen molar-refractivity contribution >= 4 is 17.6 Å². The quantitative estimate of drug-likeness (QED) is 0.814. The Bertz CT molecular complexity index is 459. The van der Waals surface area contributed by atoms with E-state index in [9.17, 15) is 4.79 Å². The Morgan fingerprint density at radius 2 is 2.16 bits per heavy atom. The van der Waals surface area contributed by atoms with Crippen LogP contribution in [0.2, 0.25) is 5.02 Å². The number of halogens is 1. The summed E-state index contributed by atoms with van der Waals surface area (Å²) in [5, 5.41) is 8.22. The number of aromatic nitrogens is 2. The third-order valence-electron chi connectivity index (χ3n) is 3.32. The van der Waals surface area contributed by atoms with Crippen LogP contribution >= 0.6 is 11.6 Å². The first-order valence-electron chi connectivity index (χ1n) is 6.38. The molecule has 0 bridgehead atoms. The van der Waals surface area contributed by atoms with Crippen LogP contribution in [0.15, 0.2) is 0 Å². The fourth-order valence-corrected chi connectivity index (χ4v) is 2.24. The molecule has 0 aliphatic carbocycles. The molecule has 0 radical (unpaired) electrons. The molecule has 0 saturated carbocycles. The average Bonchev–Trinajstić information content (AvgIpc) is 2.63. The Hall–Kier alpha value is -1.07. The molecular weight excluding hydrogens is 266 g/mol. The third-order valence-corrected chi connectivity index (χ3v) is 3.87. The zero-order valence-electron chi connectivity index (χ0n) is 12.2. The monoisotopic (exact) mass is 287 g/mol. The van der Waals surface area contributed by atoms with Crippen LogP contribution in [0.5, 0.6) is 0 Å². The molecule has 108 valence electrons. The molecule has 0 amide bonds. The number of rotatable bonds is 6. The largest absolute Gasteiger partial charge is 0.468 e. The summed E-state index contributed by atoms with van der Waals surface area (Å²) in [6.45, 7) is 8.90. The summed E-state index contributed by atoms with van der Waals surface area (Å²) in [4.78, 5) is 11.9. The van der Waals surface area contributed by atoms with Gasteiger partial charge in [0, 0.05) is 6.54 Å². The fourth-order valence-electron chi connectivity index (χ4n) is 2.10. The Morgan fingerprint density at radius 1 is 1.53 bits per heavy atom. The summed E-state index contributed by atoms with van der Waals surface area (Å²) in [5.41, 5.74) is 1.02. The van der Waals surface area contributed by atoms with Crippen molar-refractivity contribution < 1.29 is 9.53 Å². The van der Waals surface area contributed by atoms with Gasteiger partial charge in [-0.25, -0.2) is 0 Å². The van der Waals surface area contributed by atoms with Crippen LogP contribution in [0, 0.1) is 13.8 Å². The lowest BCUT2D eigenvalue weighted by Gasteiger charge is -2.27. The normalized spacial score (nSPS) is 14.2. The van der Waals surface area contributed by atoms with E-state index >= 15 is 0 Å². The van der Waals surface area contributed by atoms with Gasteiger partial charge in [0.15, 0.2) is 0 Å². The van der Waals surface area contributed by atoms with Crippen molar-refractivity contribution in [2.24, 2.45) is 0 Å². The molecule has 5 nitrogen and oxygen atoms in total. The van der Waals surface area contributed by atoms with Gasteiger partial charge in [-0.15, -0.1) is 0 Å². The number of aryl methyl sites for hydroxylation is 2. The van der Waals surface area contributed by atoms with E-state index in [0.717, 1.165) is 11.4 Å². The van der Waals surface area contributed by atoms with Gasteiger partial charge in [-0.3, -0.25) is 9.48 Å². The van der Waals surface area contributed by atoms with Crippen LogP contribution in [-0.4, -0.2) is 34.9 Å². The van der Waals surface area contributed by atoms with Gasteiger partial charge in [0.25, 0.3) is 0 Å². The second-order valence-corrected chi connectivity index (χ2v) is 5.19. The second-order valence-electron chi connectivity index (χ2n) is 4.81. The van der Waals surface area contributed by atoms with Crippen LogP contribution in [0.1, 0.15) is 31.7 Å². The second kappa shape index (κ2) is 6.39. The van der Waals surface area contributed by atoms with E-state index in [1.54, 1.807) is 0 Å². The molecule has 0 aromatic carbocycles. The van der Waals surface area contributed by atoms with Crippen molar-refractivity contribution in [1.82, 2.24) is 15.1 Å². The van der Waals surface area contributed by atoms with Gasteiger partial charge in [0.1, 0.15) is 5.54 Å². The van der Waals surface area contributed by atoms with E-state index in [0.29, 0.717) is 24.5 Å². The summed E-state index contributed by atoms with van der Waals surface area (Å²) in [6.07, 6.45) is 0.589. The fraction of sp³-hybridized carbons (Fsp3) is 0.692. The van der Waals surface area contributed by atoms with E-state index in [1.807, 2.05) is 32.4 Å². The number of hydrogen-bond donors (Lipinski definition) is 1. The van der Waals surface area contributed by atoms with Crippen LogP contribution < -0.4 is 5.32 Å². The maximum atomic E-state index is 11.9. The highest BCUT2D eigenvalue weighted by Crippen LogP contribution is 2.21. The van der Waals surface area contributed by atoms with Gasteiger partial charge >= 0.3 is 5.97 Å². The number of ether oxygens (including phenoxy) is 1. The van der Waals surface area contributed by atoms with Crippen molar-refractivity contribution in [2.75, 3.05) is 13.7 Å². The molecule has 19 heavy (non-hydrogen) atoms. The average molecular weight is 288 g/mol. The highest BCUT2D eigenvalue weighted by Gasteiger charge is 2.33. The first-order valence-corrected chi connectivity index (χ1v) is 6.76. The van der Waals surface area contributed by atoms with Crippen molar-refractivity contribution in [3.05, 3.63) is 16.4 Å². The number of carbonyl (C=O) groups excluding carboxylic acids is 1. The lowest BCUT2D eigenvalue weighted by atomic mass is 9.98. The van der Waals surface area contributed by atoms with Gasteiger partial charge in [0.2, 0.25) is 0 Å². The molecular formula is C13H22ClN3O2. The van der Waals surface area contributed by atoms with E-state index in [1.165, 1.54) is 7.11 Å². The van der Waals surface area contributed by atoms with E-state index in [4.69, 9.17) is 16.3 Å². The van der Waals surface area contributed by atoms with E-state index < -0.39 is 5.54 Å². The maximum Gasteiger partial charge on any atom is 0.325 e. The molecule has 0 spiro atoms. The van der Waals surface area contributed by atoms with Crippen LogP contribution in [0.4, 0.5) is 0 Å². The zero-order valence-corrected chi connectivity index (χ0v) is 13.0. The predicted molar refractivity (Wildman–Crippen MR) is 75.4 cm³/mol. The summed E-state index contributed by atoms with van der Waals surface area (Å²) in [6, 6.07) is 0. The van der Waals surface area contributed by atoms with Crippen LogP contribution in [0.25, 0.3) is 0 Å². The topological polar surface area (TPSA) is 56.2 Å². The molecule has 1 atom stereocenters. The van der Waals surface area contributed by atoms with Crippen molar-refractivity contribution in [3.8, 4) is 0 Å². The van der Waals surface area contributed by atoms with Crippen molar-refractivity contribution in [1.29, 1.82) is 0 Å². The molecule has 1 aromatic heterocycles. The number of carbonyl (C=O) groups is 1. The Kier molecular flexibility index (Phi) is 5.38. The number of esters is 1. The predicted octanol–water partition coefficient (Wildman–Crippen LogP) is 2.08. The van der Waals surface area contributed by atoms with Crippen molar-refractivity contribution in [3.63, 3.8) is 0 Å². The molecule has 0 aliphatic rings. The van der Waals surface area contributed by atoms with E-state index in [-0.39, 0.29) is 5.97 Å². The van der Waals surface area contributed by atoms with Gasteiger partial charge < -0.3 is 10.1 Å². The zero-order chi connectivity index (χ0) is 14.6. The van der Waals surface area contributed by atoms with Gasteiger partial charge in [0.05, 0.1) is 23.5 Å². The molecule has 1 rings (SSSR count). The highest BCUT2D eigenvalue weighted by atomic mass is 35.5. The first kappa shape index (κ1) is 16.0. The summed E-state index contributed by atoms with van der Waals surface area (Å²) in [5.74, 6) is -0.262. The first-order chi connectivity index (χ1) is 8.85. The van der Waals surface area contributed by atoms with Crippen molar-refractivity contribution in [2.45, 2.75) is 46.2 Å². The molecule has 6 heteroatoms. The standard InChI is InChI=1S/C13H22ClN3O2/c1-6-15-13(4,12(18)19-5)7-8-17-10(3)11(14)9(2)16-17/h15H,6-8H2,1-5H3. The molecule has 0 saturated heterocycles. The van der Waals surface area contributed by atoms with E-state index in [2.05, 4.69) is 10.4 Å². The number of nitrogens with one attached hydrogen (secondary N) is 1. The molecule has 1 aromatic rings. The Labute approximate surface area is 119 Å². The lowest BCUT2D eigenvalue weighted by molar-refractivity contribution is -0.148. The number of hydrogen-bond acceptors (Lipinski definition) is 4. The Balaban J connectivity index is 2.82. The maximum absolute atomic E-state index is 11.9. The molecule has 1 N–H and O–H groups in total. The number of methoxy groups -OCH3 is 1. The summed E-state index contributed by atoms with van der Waals surface area (Å²) >= 11 is 6.11. The molecule has 1 heterocycles. The van der Waals surface area contributed by atoms with Crippen LogP contribution in [-0.2, 0) is 16.1 Å². The highest BCUT2D eigenvalue weighted by molar-refractivity contribution is 6.31. The minimum Gasteiger partial charge on any atom is -0.468 e. The SMILES string of the molecule is CCNC(C)(CCn1nc(C)c(Cl)c1C)C(=O)OC.